The fraction of sp³-hybridized carbons (Fsp3) is 0.368. The van der Waals surface area contributed by atoms with Crippen molar-refractivity contribution in [2.24, 2.45) is 5.92 Å². The number of imidazole rings is 1. The lowest BCUT2D eigenvalue weighted by molar-refractivity contribution is 0.0237. The summed E-state index contributed by atoms with van der Waals surface area (Å²) in [6, 6.07) is 7.47. The van der Waals surface area contributed by atoms with E-state index >= 15 is 0 Å². The standard InChI is InChI=1S/C19H21N5O2/c1-12-17(24-8-4-7-21-19(24)22-12)18(26)23-16(13-9-15(25)10-13)11-14-5-2-3-6-20-14/h2-8,13,15-16,25H,9-11H2,1H3,(H,23,26). The number of carbonyl (C=O) groups is 1. The lowest BCUT2D eigenvalue weighted by Crippen LogP contribution is -2.48. The number of fused-ring (bicyclic) bond motifs is 1. The van der Waals surface area contributed by atoms with E-state index in [1.165, 1.54) is 0 Å². The SMILES string of the molecule is Cc1nc2ncccn2c1C(=O)NC(Cc1ccccn1)C1CC(O)C1. The number of aliphatic hydroxyl groups is 1. The molecule has 26 heavy (non-hydrogen) atoms. The zero-order valence-corrected chi connectivity index (χ0v) is 14.5. The van der Waals surface area contributed by atoms with Crippen molar-refractivity contribution in [3.63, 3.8) is 0 Å². The number of nitrogens with one attached hydrogen (secondary N) is 1. The summed E-state index contributed by atoms with van der Waals surface area (Å²) in [5, 5.41) is 12.8. The van der Waals surface area contributed by atoms with E-state index < -0.39 is 0 Å². The Morgan fingerprint density at radius 2 is 2.12 bits per heavy atom. The van der Waals surface area contributed by atoms with Crippen LogP contribution in [0.1, 0.15) is 34.7 Å². The summed E-state index contributed by atoms with van der Waals surface area (Å²) in [6.07, 6.45) is 6.96. The topological polar surface area (TPSA) is 92.4 Å². The number of hydrogen-bond donors (Lipinski definition) is 2. The van der Waals surface area contributed by atoms with Crippen LogP contribution in [0, 0.1) is 12.8 Å². The average Bonchev–Trinajstić information content (AvgIpc) is 2.95. The van der Waals surface area contributed by atoms with Crippen molar-refractivity contribution in [3.05, 3.63) is 59.9 Å². The predicted molar refractivity (Wildman–Crippen MR) is 95.7 cm³/mol. The van der Waals surface area contributed by atoms with E-state index in [9.17, 15) is 9.90 Å². The molecule has 7 nitrogen and oxygen atoms in total. The number of hydrogen-bond acceptors (Lipinski definition) is 5. The van der Waals surface area contributed by atoms with Gasteiger partial charge in [0, 0.05) is 36.7 Å². The Balaban J connectivity index is 1.58. The van der Waals surface area contributed by atoms with Gasteiger partial charge in [-0.3, -0.25) is 14.2 Å². The number of aryl methyl sites for hydroxylation is 1. The first-order valence-corrected chi connectivity index (χ1v) is 8.80. The van der Waals surface area contributed by atoms with Crippen molar-refractivity contribution in [2.45, 2.75) is 38.3 Å². The molecule has 0 aliphatic heterocycles. The molecule has 1 amide bonds. The van der Waals surface area contributed by atoms with E-state index in [0.29, 0.717) is 36.4 Å². The van der Waals surface area contributed by atoms with Gasteiger partial charge in [0.1, 0.15) is 5.69 Å². The minimum absolute atomic E-state index is 0.0811. The van der Waals surface area contributed by atoms with E-state index in [2.05, 4.69) is 20.3 Å². The first-order valence-electron chi connectivity index (χ1n) is 8.80. The summed E-state index contributed by atoms with van der Waals surface area (Å²) in [7, 11) is 0. The fourth-order valence-corrected chi connectivity index (χ4v) is 3.55. The number of aliphatic hydroxyl groups excluding tert-OH is 1. The Bertz CT molecular complexity index is 918. The van der Waals surface area contributed by atoms with Crippen molar-refractivity contribution in [1.82, 2.24) is 24.7 Å². The van der Waals surface area contributed by atoms with Gasteiger partial charge in [0.05, 0.1) is 11.8 Å². The minimum atomic E-state index is -0.273. The summed E-state index contributed by atoms with van der Waals surface area (Å²) >= 11 is 0. The molecule has 1 fully saturated rings. The Hall–Kier alpha value is -2.80. The summed E-state index contributed by atoms with van der Waals surface area (Å²) < 4.78 is 1.71. The second kappa shape index (κ2) is 6.84. The third-order valence-corrected chi connectivity index (χ3v) is 4.98. The van der Waals surface area contributed by atoms with Gasteiger partial charge in [-0.05, 0) is 43.9 Å². The molecule has 2 N–H and O–H groups in total. The molecule has 0 aromatic carbocycles. The number of aromatic nitrogens is 4. The highest BCUT2D eigenvalue weighted by Gasteiger charge is 2.35. The molecular weight excluding hydrogens is 330 g/mol. The van der Waals surface area contributed by atoms with Crippen LogP contribution < -0.4 is 5.32 Å². The summed E-state index contributed by atoms with van der Waals surface area (Å²) in [6.45, 7) is 1.81. The van der Waals surface area contributed by atoms with Crippen molar-refractivity contribution in [1.29, 1.82) is 0 Å². The molecule has 134 valence electrons. The van der Waals surface area contributed by atoms with E-state index in [4.69, 9.17) is 0 Å². The molecule has 1 aliphatic carbocycles. The molecule has 1 saturated carbocycles. The molecule has 0 spiro atoms. The first-order chi connectivity index (χ1) is 12.6. The summed E-state index contributed by atoms with van der Waals surface area (Å²) in [4.78, 5) is 25.9. The molecule has 3 heterocycles. The molecule has 7 heteroatoms. The van der Waals surface area contributed by atoms with E-state index in [1.54, 1.807) is 29.1 Å². The number of carbonyl (C=O) groups excluding carboxylic acids is 1. The maximum Gasteiger partial charge on any atom is 0.270 e. The smallest absolute Gasteiger partial charge is 0.270 e. The number of rotatable bonds is 5. The number of amides is 1. The van der Waals surface area contributed by atoms with Crippen LogP contribution in [-0.2, 0) is 6.42 Å². The summed E-state index contributed by atoms with van der Waals surface area (Å²) in [5.74, 6) is 0.578. The third kappa shape index (κ3) is 3.17. The lowest BCUT2D eigenvalue weighted by atomic mass is 9.76. The van der Waals surface area contributed by atoms with Gasteiger partial charge in [0.2, 0.25) is 5.78 Å². The van der Waals surface area contributed by atoms with Crippen molar-refractivity contribution < 1.29 is 9.90 Å². The zero-order valence-electron chi connectivity index (χ0n) is 14.5. The van der Waals surface area contributed by atoms with E-state index in [0.717, 1.165) is 5.69 Å². The van der Waals surface area contributed by atoms with Crippen LogP contribution in [0.2, 0.25) is 0 Å². The second-order valence-electron chi connectivity index (χ2n) is 6.83. The molecule has 0 bridgehead atoms. The van der Waals surface area contributed by atoms with Gasteiger partial charge in [0.25, 0.3) is 5.91 Å². The largest absolute Gasteiger partial charge is 0.393 e. The van der Waals surface area contributed by atoms with Crippen LogP contribution in [0.3, 0.4) is 0 Å². The molecule has 0 saturated heterocycles. The number of nitrogens with zero attached hydrogens (tertiary/aromatic N) is 4. The molecule has 1 aliphatic rings. The molecule has 3 aromatic heterocycles. The van der Waals surface area contributed by atoms with Crippen LogP contribution in [0.4, 0.5) is 0 Å². The quantitative estimate of drug-likeness (QED) is 0.727. The Morgan fingerprint density at radius 3 is 2.85 bits per heavy atom. The van der Waals surface area contributed by atoms with Crippen LogP contribution in [0.15, 0.2) is 42.9 Å². The van der Waals surface area contributed by atoms with Gasteiger partial charge in [0.15, 0.2) is 0 Å². The van der Waals surface area contributed by atoms with Gasteiger partial charge < -0.3 is 10.4 Å². The van der Waals surface area contributed by atoms with Gasteiger partial charge in [-0.25, -0.2) is 9.97 Å². The van der Waals surface area contributed by atoms with Crippen molar-refractivity contribution in [2.75, 3.05) is 0 Å². The second-order valence-corrected chi connectivity index (χ2v) is 6.83. The normalized spacial score (nSPS) is 20.5. The van der Waals surface area contributed by atoms with Gasteiger partial charge in [-0.2, -0.15) is 0 Å². The van der Waals surface area contributed by atoms with E-state index in [-0.39, 0.29) is 24.0 Å². The minimum Gasteiger partial charge on any atom is -0.393 e. The lowest BCUT2D eigenvalue weighted by Gasteiger charge is -2.38. The van der Waals surface area contributed by atoms with E-state index in [1.807, 2.05) is 25.1 Å². The van der Waals surface area contributed by atoms with Gasteiger partial charge >= 0.3 is 0 Å². The van der Waals surface area contributed by atoms with Crippen LogP contribution in [-0.4, -0.2) is 42.5 Å². The number of pyridine rings is 1. The maximum absolute atomic E-state index is 13.0. The highest BCUT2D eigenvalue weighted by Crippen LogP contribution is 2.31. The van der Waals surface area contributed by atoms with Crippen LogP contribution >= 0.6 is 0 Å². The summed E-state index contributed by atoms with van der Waals surface area (Å²) in [5.41, 5.74) is 2.07. The van der Waals surface area contributed by atoms with Crippen LogP contribution in [0.5, 0.6) is 0 Å². The molecule has 0 radical (unpaired) electrons. The van der Waals surface area contributed by atoms with Crippen molar-refractivity contribution in [3.8, 4) is 0 Å². The van der Waals surface area contributed by atoms with Crippen LogP contribution in [0.25, 0.3) is 5.78 Å². The fourth-order valence-electron chi connectivity index (χ4n) is 3.55. The molecule has 1 atom stereocenters. The predicted octanol–water partition coefficient (Wildman–Crippen LogP) is 1.54. The zero-order chi connectivity index (χ0) is 18.1. The van der Waals surface area contributed by atoms with Crippen molar-refractivity contribution >= 4 is 11.7 Å². The van der Waals surface area contributed by atoms with Gasteiger partial charge in [-0.1, -0.05) is 6.07 Å². The molecular formula is C19H21N5O2. The highest BCUT2D eigenvalue weighted by molar-refractivity contribution is 5.94. The highest BCUT2D eigenvalue weighted by atomic mass is 16.3. The first kappa shape index (κ1) is 16.7. The molecule has 1 unspecified atom stereocenters. The van der Waals surface area contributed by atoms with Gasteiger partial charge in [-0.15, -0.1) is 0 Å². The third-order valence-electron chi connectivity index (χ3n) is 4.98. The Labute approximate surface area is 151 Å². The molecule has 4 rings (SSSR count). The maximum atomic E-state index is 13.0. The Morgan fingerprint density at radius 1 is 1.31 bits per heavy atom. The molecule has 3 aromatic rings. The average molecular weight is 351 g/mol. The Kier molecular flexibility index (Phi) is 4.38. The monoisotopic (exact) mass is 351 g/mol.